The van der Waals surface area contributed by atoms with Gasteiger partial charge in [-0.15, -0.1) is 10.2 Å². The van der Waals surface area contributed by atoms with E-state index in [2.05, 4.69) is 10.2 Å². The van der Waals surface area contributed by atoms with Crippen LogP contribution in [0, 0.1) is 0 Å². The van der Waals surface area contributed by atoms with Crippen LogP contribution in [0.15, 0.2) is 46.9 Å². The lowest BCUT2D eigenvalue weighted by Gasteiger charge is -2.26. The molecule has 0 spiro atoms. The molecule has 0 atom stereocenters. The molecule has 168 valence electrons. The average Bonchev–Trinajstić information content (AvgIpc) is 3.53. The molecule has 1 fully saturated rings. The van der Waals surface area contributed by atoms with E-state index in [1.165, 1.54) is 21.3 Å². The van der Waals surface area contributed by atoms with Crippen LogP contribution in [-0.2, 0) is 21.6 Å². The summed E-state index contributed by atoms with van der Waals surface area (Å²) in [6.45, 7) is -0.0924. The van der Waals surface area contributed by atoms with Crippen LogP contribution >= 0.6 is 0 Å². The van der Waals surface area contributed by atoms with Gasteiger partial charge < -0.3 is 23.4 Å². The molecule has 1 aromatic heterocycles. The fourth-order valence-electron chi connectivity index (χ4n) is 4.24. The SMILES string of the molecule is COc1cc(-c2nnc(COC(=O)C3(c4ccccc4)CCCC3)o2)cc(OC)c1OC. The highest BCUT2D eigenvalue weighted by atomic mass is 16.5. The summed E-state index contributed by atoms with van der Waals surface area (Å²) in [6, 6.07) is 13.3. The van der Waals surface area contributed by atoms with Gasteiger partial charge in [-0.25, -0.2) is 0 Å². The number of esters is 1. The minimum Gasteiger partial charge on any atom is -0.493 e. The summed E-state index contributed by atoms with van der Waals surface area (Å²) in [7, 11) is 4.60. The predicted molar refractivity (Wildman–Crippen MR) is 116 cm³/mol. The van der Waals surface area contributed by atoms with Gasteiger partial charge in [-0.2, -0.15) is 0 Å². The third-order valence-corrected chi connectivity index (χ3v) is 5.88. The quantitative estimate of drug-likeness (QED) is 0.480. The average molecular weight is 438 g/mol. The smallest absolute Gasteiger partial charge is 0.317 e. The summed E-state index contributed by atoms with van der Waals surface area (Å²) in [5.74, 6) is 1.62. The van der Waals surface area contributed by atoms with Crippen LogP contribution in [0.4, 0.5) is 0 Å². The van der Waals surface area contributed by atoms with Crippen molar-refractivity contribution in [2.45, 2.75) is 37.7 Å². The molecule has 1 heterocycles. The maximum Gasteiger partial charge on any atom is 0.317 e. The number of hydrogen-bond donors (Lipinski definition) is 0. The monoisotopic (exact) mass is 438 g/mol. The molecule has 1 saturated carbocycles. The van der Waals surface area contributed by atoms with E-state index in [0.29, 0.717) is 22.8 Å². The maximum atomic E-state index is 13.1. The van der Waals surface area contributed by atoms with E-state index in [-0.39, 0.29) is 24.4 Å². The number of ether oxygens (including phenoxy) is 4. The number of nitrogens with zero attached hydrogens (tertiary/aromatic N) is 2. The second-order valence-corrected chi connectivity index (χ2v) is 7.65. The number of hydrogen-bond acceptors (Lipinski definition) is 8. The van der Waals surface area contributed by atoms with Crippen molar-refractivity contribution in [2.75, 3.05) is 21.3 Å². The first-order valence-electron chi connectivity index (χ1n) is 10.5. The van der Waals surface area contributed by atoms with E-state index in [1.54, 1.807) is 12.1 Å². The zero-order valence-corrected chi connectivity index (χ0v) is 18.4. The highest BCUT2D eigenvalue weighted by molar-refractivity contribution is 5.83. The topological polar surface area (TPSA) is 92.9 Å². The molecule has 8 nitrogen and oxygen atoms in total. The fourth-order valence-corrected chi connectivity index (χ4v) is 4.24. The number of methoxy groups -OCH3 is 3. The lowest BCUT2D eigenvalue weighted by molar-refractivity contribution is -0.152. The minimum absolute atomic E-state index is 0.0924. The van der Waals surface area contributed by atoms with Crippen molar-refractivity contribution >= 4 is 5.97 Å². The van der Waals surface area contributed by atoms with Crippen LogP contribution in [0.2, 0.25) is 0 Å². The molecule has 32 heavy (non-hydrogen) atoms. The summed E-state index contributed by atoms with van der Waals surface area (Å²) in [5, 5.41) is 8.12. The Labute approximate surface area is 186 Å². The molecule has 3 aromatic rings. The molecule has 0 saturated heterocycles. The lowest BCUT2D eigenvalue weighted by Crippen LogP contribution is -2.34. The van der Waals surface area contributed by atoms with E-state index in [0.717, 1.165) is 31.2 Å². The first-order valence-corrected chi connectivity index (χ1v) is 10.5. The van der Waals surface area contributed by atoms with E-state index < -0.39 is 5.41 Å². The van der Waals surface area contributed by atoms with Crippen LogP contribution < -0.4 is 14.2 Å². The number of carbonyl (C=O) groups is 1. The van der Waals surface area contributed by atoms with Gasteiger partial charge in [-0.3, -0.25) is 4.79 Å². The molecule has 4 rings (SSSR count). The van der Waals surface area contributed by atoms with Gasteiger partial charge in [0.05, 0.1) is 26.7 Å². The Hall–Kier alpha value is -3.55. The zero-order chi connectivity index (χ0) is 22.6. The van der Waals surface area contributed by atoms with Gasteiger partial charge in [-0.1, -0.05) is 43.2 Å². The summed E-state index contributed by atoms with van der Waals surface area (Å²) in [6.07, 6.45) is 3.54. The molecular formula is C24H26N2O6. The van der Waals surface area contributed by atoms with Crippen molar-refractivity contribution in [2.24, 2.45) is 0 Å². The molecule has 0 radical (unpaired) electrons. The standard InChI is InChI=1S/C24H26N2O6/c1-28-18-13-16(14-19(29-2)21(18)30-3)22-26-25-20(32-22)15-31-23(27)24(11-7-8-12-24)17-9-5-4-6-10-17/h4-6,9-10,13-14H,7-8,11-12,15H2,1-3H3. The Bertz CT molecular complexity index is 1050. The molecule has 0 unspecified atom stereocenters. The van der Waals surface area contributed by atoms with Crippen LogP contribution in [0.5, 0.6) is 17.2 Å². The van der Waals surface area contributed by atoms with Gasteiger partial charge in [0.1, 0.15) is 0 Å². The highest BCUT2D eigenvalue weighted by Crippen LogP contribution is 2.43. The number of carbonyl (C=O) groups excluding carboxylic acids is 1. The first kappa shape index (κ1) is 21.7. The molecule has 0 bridgehead atoms. The molecule has 0 aliphatic heterocycles. The van der Waals surface area contributed by atoms with E-state index in [4.69, 9.17) is 23.4 Å². The predicted octanol–water partition coefficient (Wildman–Crippen LogP) is 4.32. The third kappa shape index (κ3) is 4.00. The zero-order valence-electron chi connectivity index (χ0n) is 18.4. The van der Waals surface area contributed by atoms with Gasteiger partial charge >= 0.3 is 5.97 Å². The summed E-state index contributed by atoms with van der Waals surface area (Å²) in [5.41, 5.74) is 0.980. The van der Waals surface area contributed by atoms with Crippen molar-refractivity contribution in [1.29, 1.82) is 0 Å². The van der Waals surface area contributed by atoms with Gasteiger partial charge in [0.15, 0.2) is 18.1 Å². The van der Waals surface area contributed by atoms with Gasteiger partial charge in [0.2, 0.25) is 11.6 Å². The Morgan fingerprint density at radius 1 is 0.969 bits per heavy atom. The fraction of sp³-hybridized carbons (Fsp3) is 0.375. The molecule has 0 amide bonds. The van der Waals surface area contributed by atoms with E-state index >= 15 is 0 Å². The molecular weight excluding hydrogens is 412 g/mol. The van der Waals surface area contributed by atoms with Crippen molar-refractivity contribution in [3.63, 3.8) is 0 Å². The summed E-state index contributed by atoms with van der Waals surface area (Å²) >= 11 is 0. The van der Waals surface area contributed by atoms with Gasteiger partial charge in [-0.05, 0) is 30.5 Å². The third-order valence-electron chi connectivity index (χ3n) is 5.88. The molecule has 8 heteroatoms. The summed E-state index contributed by atoms with van der Waals surface area (Å²) < 4.78 is 27.5. The highest BCUT2D eigenvalue weighted by Gasteiger charge is 2.44. The van der Waals surface area contributed by atoms with Crippen molar-refractivity contribution in [3.8, 4) is 28.7 Å². The van der Waals surface area contributed by atoms with Crippen LogP contribution in [0.25, 0.3) is 11.5 Å². The van der Waals surface area contributed by atoms with Gasteiger partial charge in [0.25, 0.3) is 5.89 Å². The van der Waals surface area contributed by atoms with Gasteiger partial charge in [0, 0.05) is 5.56 Å². The van der Waals surface area contributed by atoms with Crippen LogP contribution in [0.3, 0.4) is 0 Å². The Morgan fingerprint density at radius 3 is 2.22 bits per heavy atom. The lowest BCUT2D eigenvalue weighted by atomic mass is 9.79. The number of aromatic nitrogens is 2. The van der Waals surface area contributed by atoms with Crippen LogP contribution in [0.1, 0.15) is 37.1 Å². The van der Waals surface area contributed by atoms with Crippen molar-refractivity contribution < 1.29 is 28.2 Å². The number of benzene rings is 2. The Kier molecular flexibility index (Phi) is 6.30. The largest absolute Gasteiger partial charge is 0.493 e. The Morgan fingerprint density at radius 2 is 1.62 bits per heavy atom. The molecule has 1 aliphatic rings. The van der Waals surface area contributed by atoms with Crippen molar-refractivity contribution in [3.05, 3.63) is 53.9 Å². The summed E-state index contributed by atoms with van der Waals surface area (Å²) in [4.78, 5) is 13.1. The maximum absolute atomic E-state index is 13.1. The first-order chi connectivity index (χ1) is 15.6. The van der Waals surface area contributed by atoms with E-state index in [9.17, 15) is 4.79 Å². The van der Waals surface area contributed by atoms with Crippen LogP contribution in [-0.4, -0.2) is 37.5 Å². The second kappa shape index (κ2) is 9.30. The number of rotatable bonds is 8. The van der Waals surface area contributed by atoms with Crippen molar-refractivity contribution in [1.82, 2.24) is 10.2 Å². The Balaban J connectivity index is 1.51. The normalized spacial score (nSPS) is 14.7. The minimum atomic E-state index is -0.610. The van der Waals surface area contributed by atoms with E-state index in [1.807, 2.05) is 30.3 Å². The molecule has 1 aliphatic carbocycles. The molecule has 0 N–H and O–H groups in total. The second-order valence-electron chi connectivity index (χ2n) is 7.65. The molecule has 2 aromatic carbocycles.